The fraction of sp³-hybridized carbons (Fsp3) is 0.188. The molecule has 0 bridgehead atoms. The molecular weight excluding hydrogens is 475 g/mol. The molecule has 2 aromatic rings. The van der Waals surface area contributed by atoms with Crippen LogP contribution in [0.3, 0.4) is 0 Å². The van der Waals surface area contributed by atoms with Crippen molar-refractivity contribution in [3.63, 3.8) is 0 Å². The second-order valence-electron chi connectivity index (χ2n) is 5.44. The summed E-state index contributed by atoms with van der Waals surface area (Å²) in [6.45, 7) is 1.05. The fourth-order valence-corrected chi connectivity index (χ4v) is 4.13. The molecule has 0 saturated heterocycles. The van der Waals surface area contributed by atoms with E-state index in [1.54, 1.807) is 12.1 Å². The average Bonchev–Trinajstić information content (AvgIpc) is 2.59. The second kappa shape index (κ2) is 8.10. The predicted molar refractivity (Wildman–Crippen MR) is 102 cm³/mol. The van der Waals surface area contributed by atoms with Gasteiger partial charge in [-0.1, -0.05) is 12.1 Å². The van der Waals surface area contributed by atoms with Crippen molar-refractivity contribution in [2.45, 2.75) is 24.4 Å². The Morgan fingerprint density at radius 1 is 1.19 bits per heavy atom. The summed E-state index contributed by atoms with van der Waals surface area (Å²) in [6, 6.07) is 10.0. The summed E-state index contributed by atoms with van der Waals surface area (Å²) in [5, 5.41) is 20.0. The molecule has 0 unspecified atom stereocenters. The first kappa shape index (κ1) is 20.3. The third-order valence-corrected chi connectivity index (χ3v) is 6.34. The fourth-order valence-electron chi connectivity index (χ4n) is 2.20. The first-order valence-corrected chi connectivity index (χ1v) is 9.88. The Hall–Kier alpha value is -2.05. The van der Waals surface area contributed by atoms with Crippen LogP contribution in [-0.2, 0) is 21.4 Å². The largest absolute Gasteiger partial charge is 0.480 e. The van der Waals surface area contributed by atoms with Gasteiger partial charge in [0.1, 0.15) is 6.04 Å². The Morgan fingerprint density at radius 3 is 2.19 bits per heavy atom. The molecule has 0 radical (unpaired) electrons. The van der Waals surface area contributed by atoms with Crippen molar-refractivity contribution in [1.29, 1.82) is 0 Å². The number of carboxylic acid groups (broad SMARTS) is 1. The molecule has 1 N–H and O–H groups in total. The Morgan fingerprint density at radius 2 is 1.73 bits per heavy atom. The summed E-state index contributed by atoms with van der Waals surface area (Å²) in [7, 11) is -4.07. The number of carboxylic acids is 1. The Balaban J connectivity index is 2.41. The number of nitro groups is 1. The van der Waals surface area contributed by atoms with Crippen LogP contribution in [0.5, 0.6) is 0 Å². The number of nitrogens with zero attached hydrogens (tertiary/aromatic N) is 2. The van der Waals surface area contributed by atoms with Gasteiger partial charge in [-0.3, -0.25) is 14.9 Å². The van der Waals surface area contributed by atoms with E-state index in [2.05, 4.69) is 0 Å². The van der Waals surface area contributed by atoms with E-state index in [4.69, 9.17) is 0 Å². The molecule has 0 heterocycles. The van der Waals surface area contributed by atoms with Crippen LogP contribution in [0.15, 0.2) is 53.4 Å². The third kappa shape index (κ3) is 4.56. The smallest absolute Gasteiger partial charge is 0.321 e. The van der Waals surface area contributed by atoms with E-state index in [0.29, 0.717) is 5.56 Å². The van der Waals surface area contributed by atoms with Gasteiger partial charge in [0.2, 0.25) is 10.0 Å². The van der Waals surface area contributed by atoms with Crippen LogP contribution in [-0.4, -0.2) is 34.8 Å². The Bertz CT molecular complexity index is 913. The maximum absolute atomic E-state index is 12.9. The zero-order valence-electron chi connectivity index (χ0n) is 13.6. The highest BCUT2D eigenvalue weighted by Crippen LogP contribution is 2.23. The zero-order valence-corrected chi connectivity index (χ0v) is 16.5. The van der Waals surface area contributed by atoms with Crippen LogP contribution in [0.25, 0.3) is 0 Å². The van der Waals surface area contributed by atoms with Gasteiger partial charge in [-0.15, -0.1) is 0 Å². The molecule has 0 aromatic heterocycles. The van der Waals surface area contributed by atoms with Gasteiger partial charge in [0, 0.05) is 22.2 Å². The van der Waals surface area contributed by atoms with Gasteiger partial charge in [-0.2, -0.15) is 4.31 Å². The van der Waals surface area contributed by atoms with Crippen LogP contribution >= 0.6 is 22.6 Å². The van der Waals surface area contributed by atoms with Gasteiger partial charge in [0.25, 0.3) is 5.69 Å². The lowest BCUT2D eigenvalue weighted by molar-refractivity contribution is -0.384. The van der Waals surface area contributed by atoms with Gasteiger partial charge in [0.15, 0.2) is 0 Å². The number of carbonyl (C=O) groups is 1. The summed E-state index contributed by atoms with van der Waals surface area (Å²) in [5.74, 6) is -1.29. The monoisotopic (exact) mass is 490 g/mol. The van der Waals surface area contributed by atoms with E-state index in [9.17, 15) is 28.4 Å². The van der Waals surface area contributed by atoms with Crippen molar-refractivity contribution < 1.29 is 23.2 Å². The summed E-state index contributed by atoms with van der Waals surface area (Å²) in [5.41, 5.74) is 0.310. The van der Waals surface area contributed by atoms with E-state index >= 15 is 0 Å². The molecule has 0 aliphatic rings. The molecule has 2 rings (SSSR count). The second-order valence-corrected chi connectivity index (χ2v) is 8.58. The van der Waals surface area contributed by atoms with E-state index in [1.165, 1.54) is 43.3 Å². The molecule has 0 amide bonds. The van der Waals surface area contributed by atoms with Gasteiger partial charge in [-0.25, -0.2) is 8.42 Å². The SMILES string of the molecule is C[C@@H](C(=O)O)N(Cc1ccc([N+](=O)[O-])cc1)S(=O)(=O)c1ccc(I)cc1. The number of aliphatic carboxylic acids is 1. The van der Waals surface area contributed by atoms with Crippen molar-refractivity contribution in [3.8, 4) is 0 Å². The minimum Gasteiger partial charge on any atom is -0.480 e. The van der Waals surface area contributed by atoms with Crippen LogP contribution in [0, 0.1) is 13.7 Å². The van der Waals surface area contributed by atoms with Gasteiger partial charge in [0.05, 0.1) is 9.82 Å². The van der Waals surface area contributed by atoms with Gasteiger partial charge >= 0.3 is 5.97 Å². The maximum Gasteiger partial charge on any atom is 0.321 e. The number of non-ortho nitro benzene ring substituents is 1. The van der Waals surface area contributed by atoms with Crippen molar-refractivity contribution in [2.75, 3.05) is 0 Å². The summed E-state index contributed by atoms with van der Waals surface area (Å²) < 4.78 is 27.5. The molecule has 26 heavy (non-hydrogen) atoms. The van der Waals surface area contributed by atoms with E-state index < -0.39 is 27.0 Å². The number of halogens is 1. The number of hydrogen-bond acceptors (Lipinski definition) is 5. The maximum atomic E-state index is 12.9. The lowest BCUT2D eigenvalue weighted by Gasteiger charge is -2.26. The Kier molecular flexibility index (Phi) is 6.31. The Labute approximate surface area is 163 Å². The first-order chi connectivity index (χ1) is 12.1. The molecule has 0 spiro atoms. The van der Waals surface area contributed by atoms with E-state index in [1.807, 2.05) is 22.6 Å². The highest BCUT2D eigenvalue weighted by Gasteiger charge is 2.33. The molecule has 1 atom stereocenters. The quantitative estimate of drug-likeness (QED) is 0.363. The standard InChI is InChI=1S/C16H15IN2O6S/c1-11(16(20)21)18(10-12-2-6-14(7-3-12)19(22)23)26(24,25)15-8-4-13(17)5-9-15/h2-9,11H,10H2,1H3,(H,20,21)/t11-/m0/s1. The van der Waals surface area contributed by atoms with Crippen LogP contribution in [0.1, 0.15) is 12.5 Å². The van der Waals surface area contributed by atoms with Crippen molar-refractivity contribution in [3.05, 3.63) is 67.8 Å². The van der Waals surface area contributed by atoms with Crippen molar-refractivity contribution >= 4 is 44.3 Å². The molecule has 2 aromatic carbocycles. The number of nitro benzene ring substituents is 1. The lowest BCUT2D eigenvalue weighted by Crippen LogP contribution is -2.42. The summed E-state index contributed by atoms with van der Waals surface area (Å²) >= 11 is 2.04. The van der Waals surface area contributed by atoms with E-state index in [0.717, 1.165) is 7.88 Å². The van der Waals surface area contributed by atoms with Gasteiger partial charge < -0.3 is 5.11 Å². The normalized spacial score (nSPS) is 12.7. The minimum absolute atomic E-state index is 0.0204. The number of rotatable bonds is 7. The van der Waals surface area contributed by atoms with E-state index in [-0.39, 0.29) is 17.1 Å². The summed E-state index contributed by atoms with van der Waals surface area (Å²) in [6.07, 6.45) is 0. The predicted octanol–water partition coefficient (Wildman–Crippen LogP) is 2.86. The minimum atomic E-state index is -4.07. The molecule has 0 aliphatic carbocycles. The molecular formula is C16H15IN2O6S. The molecule has 0 aliphatic heterocycles. The molecule has 8 nitrogen and oxygen atoms in total. The number of hydrogen-bond donors (Lipinski definition) is 1. The lowest BCUT2D eigenvalue weighted by atomic mass is 10.2. The molecule has 10 heteroatoms. The van der Waals surface area contributed by atoms with Gasteiger partial charge in [-0.05, 0) is 59.3 Å². The highest BCUT2D eigenvalue weighted by atomic mass is 127. The average molecular weight is 490 g/mol. The topological polar surface area (TPSA) is 118 Å². The van der Waals surface area contributed by atoms with Crippen LogP contribution < -0.4 is 0 Å². The third-order valence-electron chi connectivity index (χ3n) is 3.70. The van der Waals surface area contributed by atoms with Crippen molar-refractivity contribution in [1.82, 2.24) is 4.31 Å². The number of sulfonamides is 1. The first-order valence-electron chi connectivity index (χ1n) is 7.36. The summed E-state index contributed by atoms with van der Waals surface area (Å²) in [4.78, 5) is 21.5. The highest BCUT2D eigenvalue weighted by molar-refractivity contribution is 14.1. The van der Waals surface area contributed by atoms with Crippen LogP contribution in [0.4, 0.5) is 5.69 Å². The van der Waals surface area contributed by atoms with Crippen molar-refractivity contribution in [2.24, 2.45) is 0 Å². The molecule has 0 saturated carbocycles. The molecule has 138 valence electrons. The van der Waals surface area contributed by atoms with Crippen LogP contribution in [0.2, 0.25) is 0 Å². The molecule has 0 fully saturated rings. The zero-order chi connectivity index (χ0) is 19.5. The number of benzene rings is 2.